The van der Waals surface area contributed by atoms with Gasteiger partial charge >= 0.3 is 0 Å². The van der Waals surface area contributed by atoms with E-state index in [9.17, 15) is 9.59 Å². The van der Waals surface area contributed by atoms with Crippen LogP contribution in [0.15, 0.2) is 6.07 Å². The van der Waals surface area contributed by atoms with Crippen LogP contribution in [-0.2, 0) is 4.79 Å². The first-order valence-corrected chi connectivity index (χ1v) is 9.56. The Morgan fingerprint density at radius 2 is 1.68 bits per heavy atom. The fourth-order valence-electron chi connectivity index (χ4n) is 3.46. The molecule has 3 heterocycles. The molecule has 1 fully saturated rings. The lowest BCUT2D eigenvalue weighted by atomic mass is 10.1. The zero-order valence-corrected chi connectivity index (χ0v) is 16.4. The molecule has 1 saturated heterocycles. The van der Waals surface area contributed by atoms with Gasteiger partial charge < -0.3 is 9.80 Å². The van der Waals surface area contributed by atoms with Crippen LogP contribution in [0.5, 0.6) is 0 Å². The molecule has 2 aromatic heterocycles. The van der Waals surface area contributed by atoms with Crippen LogP contribution in [0.2, 0.25) is 0 Å². The van der Waals surface area contributed by atoms with E-state index >= 15 is 0 Å². The van der Waals surface area contributed by atoms with Gasteiger partial charge in [-0.25, -0.2) is 4.98 Å². The van der Waals surface area contributed by atoms with Gasteiger partial charge in [0.05, 0.1) is 4.88 Å². The highest BCUT2D eigenvalue weighted by atomic mass is 32.1. The number of carbonyl (C=O) groups excluding carboxylic acids is 2. The molecule has 134 valence electrons. The number of thiophene rings is 1. The number of piperazine rings is 1. The summed E-state index contributed by atoms with van der Waals surface area (Å²) in [6.07, 6.45) is 0. The standard InChI is InChI=1S/C19H25N3O2S/c1-11(2)18(23)21-6-8-22(9-7-21)19(24)16-14(5)15-12(3)10-13(4)20-17(15)25-16/h10-11H,6-9H2,1-5H3. The van der Waals surface area contributed by atoms with Crippen LogP contribution >= 0.6 is 11.3 Å². The highest BCUT2D eigenvalue weighted by Crippen LogP contribution is 2.33. The topological polar surface area (TPSA) is 53.5 Å². The van der Waals surface area contributed by atoms with Crippen LogP contribution < -0.4 is 0 Å². The van der Waals surface area contributed by atoms with E-state index in [0.717, 1.165) is 26.4 Å². The first kappa shape index (κ1) is 17.9. The quantitative estimate of drug-likeness (QED) is 0.828. The van der Waals surface area contributed by atoms with Crippen molar-refractivity contribution >= 4 is 33.4 Å². The average molecular weight is 359 g/mol. The number of hydrogen-bond donors (Lipinski definition) is 0. The molecule has 0 aliphatic carbocycles. The maximum absolute atomic E-state index is 13.0. The molecule has 5 nitrogen and oxygen atoms in total. The number of nitrogens with zero attached hydrogens (tertiary/aromatic N) is 3. The zero-order chi connectivity index (χ0) is 18.3. The molecule has 0 unspecified atom stereocenters. The van der Waals surface area contributed by atoms with Gasteiger partial charge in [0, 0.05) is 43.2 Å². The Balaban J connectivity index is 1.81. The molecular weight excluding hydrogens is 334 g/mol. The number of rotatable bonds is 2. The van der Waals surface area contributed by atoms with E-state index < -0.39 is 0 Å². The van der Waals surface area contributed by atoms with E-state index in [4.69, 9.17) is 0 Å². The highest BCUT2D eigenvalue weighted by Gasteiger charge is 2.28. The molecule has 0 N–H and O–H groups in total. The van der Waals surface area contributed by atoms with Gasteiger partial charge in [-0.2, -0.15) is 0 Å². The van der Waals surface area contributed by atoms with Gasteiger partial charge in [-0.3, -0.25) is 9.59 Å². The van der Waals surface area contributed by atoms with Crippen molar-refractivity contribution in [3.8, 4) is 0 Å². The third kappa shape index (κ3) is 3.27. The molecule has 0 saturated carbocycles. The van der Waals surface area contributed by atoms with Gasteiger partial charge in [0.1, 0.15) is 4.83 Å². The van der Waals surface area contributed by atoms with Gasteiger partial charge in [-0.05, 0) is 38.0 Å². The molecule has 1 aliphatic heterocycles. The summed E-state index contributed by atoms with van der Waals surface area (Å²) in [5.74, 6) is 0.235. The maximum Gasteiger partial charge on any atom is 0.264 e. The van der Waals surface area contributed by atoms with Crippen molar-refractivity contribution in [2.45, 2.75) is 34.6 Å². The van der Waals surface area contributed by atoms with Crippen molar-refractivity contribution in [2.75, 3.05) is 26.2 Å². The van der Waals surface area contributed by atoms with Gasteiger partial charge in [0.15, 0.2) is 0 Å². The van der Waals surface area contributed by atoms with E-state index in [-0.39, 0.29) is 17.7 Å². The molecule has 0 radical (unpaired) electrons. The van der Waals surface area contributed by atoms with Crippen LogP contribution in [-0.4, -0.2) is 52.8 Å². The lowest BCUT2D eigenvalue weighted by molar-refractivity contribution is -0.135. The summed E-state index contributed by atoms with van der Waals surface area (Å²) in [6, 6.07) is 2.06. The number of amides is 2. The number of pyridine rings is 1. The number of aryl methyl sites for hydroxylation is 3. The summed E-state index contributed by atoms with van der Waals surface area (Å²) in [4.78, 5) is 35.1. The summed E-state index contributed by atoms with van der Waals surface area (Å²) in [5, 5.41) is 1.10. The summed E-state index contributed by atoms with van der Waals surface area (Å²) in [7, 11) is 0. The second kappa shape index (κ2) is 6.75. The molecule has 2 aromatic rings. The minimum absolute atomic E-state index is 0.00406. The third-order valence-corrected chi connectivity index (χ3v) is 5.97. The summed E-state index contributed by atoms with van der Waals surface area (Å²) in [6.45, 7) is 12.3. The molecule has 0 spiro atoms. The third-order valence-electron chi connectivity index (χ3n) is 4.79. The Hall–Kier alpha value is -1.95. The zero-order valence-electron chi connectivity index (χ0n) is 15.5. The normalized spacial score (nSPS) is 15.3. The largest absolute Gasteiger partial charge is 0.339 e. The van der Waals surface area contributed by atoms with E-state index in [1.54, 1.807) is 0 Å². The summed E-state index contributed by atoms with van der Waals surface area (Å²) in [5.41, 5.74) is 3.17. The number of carbonyl (C=O) groups is 2. The lowest BCUT2D eigenvalue weighted by Gasteiger charge is -2.35. The van der Waals surface area contributed by atoms with Crippen molar-refractivity contribution in [1.82, 2.24) is 14.8 Å². The number of aromatic nitrogens is 1. The smallest absolute Gasteiger partial charge is 0.264 e. The SMILES string of the molecule is Cc1cc(C)c2c(C)c(C(=O)N3CCN(C(=O)C(C)C)CC3)sc2n1. The van der Waals surface area contributed by atoms with Crippen LogP contribution in [0.1, 0.15) is 40.3 Å². The molecule has 6 heteroatoms. The highest BCUT2D eigenvalue weighted by molar-refractivity contribution is 7.20. The van der Waals surface area contributed by atoms with Crippen LogP contribution in [0.3, 0.4) is 0 Å². The first-order valence-electron chi connectivity index (χ1n) is 8.75. The van der Waals surface area contributed by atoms with E-state index in [1.165, 1.54) is 16.9 Å². The molecular formula is C19H25N3O2S. The van der Waals surface area contributed by atoms with E-state index in [2.05, 4.69) is 18.0 Å². The molecule has 0 atom stereocenters. The molecule has 0 aromatic carbocycles. The summed E-state index contributed by atoms with van der Waals surface area (Å²) >= 11 is 1.48. The van der Waals surface area contributed by atoms with Gasteiger partial charge in [-0.15, -0.1) is 11.3 Å². The second-order valence-electron chi connectivity index (χ2n) is 7.09. The van der Waals surface area contributed by atoms with Gasteiger partial charge in [0.25, 0.3) is 5.91 Å². The Bertz CT molecular complexity index is 833. The van der Waals surface area contributed by atoms with Crippen molar-refractivity contribution in [3.63, 3.8) is 0 Å². The van der Waals surface area contributed by atoms with Crippen LogP contribution in [0.25, 0.3) is 10.2 Å². The van der Waals surface area contributed by atoms with E-state index in [0.29, 0.717) is 26.2 Å². The van der Waals surface area contributed by atoms with Crippen LogP contribution in [0.4, 0.5) is 0 Å². The Kier molecular flexibility index (Phi) is 4.82. The molecule has 0 bridgehead atoms. The summed E-state index contributed by atoms with van der Waals surface area (Å²) < 4.78 is 0. The minimum Gasteiger partial charge on any atom is -0.339 e. The molecule has 2 amide bonds. The van der Waals surface area contributed by atoms with Crippen LogP contribution in [0, 0.1) is 26.7 Å². The predicted molar refractivity (Wildman–Crippen MR) is 101 cm³/mol. The first-order chi connectivity index (χ1) is 11.8. The van der Waals surface area contributed by atoms with Crippen molar-refractivity contribution in [2.24, 2.45) is 5.92 Å². The fourth-order valence-corrected chi connectivity index (χ4v) is 4.73. The van der Waals surface area contributed by atoms with Crippen molar-refractivity contribution in [1.29, 1.82) is 0 Å². The molecule has 3 rings (SSSR count). The molecule has 25 heavy (non-hydrogen) atoms. The average Bonchev–Trinajstić information content (AvgIpc) is 2.90. The predicted octanol–water partition coefficient (Wildman–Crippen LogP) is 3.16. The molecule has 1 aliphatic rings. The number of fused-ring (bicyclic) bond motifs is 1. The second-order valence-corrected chi connectivity index (χ2v) is 8.09. The van der Waals surface area contributed by atoms with Gasteiger partial charge in [0.2, 0.25) is 5.91 Å². The lowest BCUT2D eigenvalue weighted by Crippen LogP contribution is -2.51. The number of hydrogen-bond acceptors (Lipinski definition) is 4. The Labute approximate surface area is 152 Å². The van der Waals surface area contributed by atoms with Crippen molar-refractivity contribution in [3.05, 3.63) is 27.8 Å². The Morgan fingerprint density at radius 3 is 2.28 bits per heavy atom. The van der Waals surface area contributed by atoms with Gasteiger partial charge in [-0.1, -0.05) is 13.8 Å². The van der Waals surface area contributed by atoms with E-state index in [1.807, 2.05) is 37.5 Å². The minimum atomic E-state index is 0.00406. The fraction of sp³-hybridized carbons (Fsp3) is 0.526. The Morgan fingerprint density at radius 1 is 1.08 bits per heavy atom. The van der Waals surface area contributed by atoms with Crippen molar-refractivity contribution < 1.29 is 9.59 Å². The monoisotopic (exact) mass is 359 g/mol. The maximum atomic E-state index is 13.0.